The number of hydrogen-bond donors (Lipinski definition) is 1. The lowest BCUT2D eigenvalue weighted by molar-refractivity contribution is -0.135. The molecule has 1 heterocycles. The molecule has 0 radical (unpaired) electrons. The van der Waals surface area contributed by atoms with E-state index in [9.17, 15) is 14.0 Å². The van der Waals surface area contributed by atoms with Crippen LogP contribution in [0.2, 0.25) is 0 Å². The summed E-state index contributed by atoms with van der Waals surface area (Å²) in [5.74, 6) is -0.856. The second-order valence-electron chi connectivity index (χ2n) is 5.68. The number of rotatable bonds is 1. The zero-order chi connectivity index (χ0) is 14.3. The molecule has 0 aromatic heterocycles. The molecule has 0 bridgehead atoms. The second-order valence-corrected chi connectivity index (χ2v) is 5.68. The highest BCUT2D eigenvalue weighted by Crippen LogP contribution is 2.35. The Bertz CT molecular complexity index is 579. The van der Waals surface area contributed by atoms with Crippen molar-refractivity contribution < 1.29 is 14.0 Å². The van der Waals surface area contributed by atoms with Gasteiger partial charge >= 0.3 is 0 Å². The first-order valence-corrected chi connectivity index (χ1v) is 6.91. The molecular weight excluding hydrogens is 259 g/mol. The third-order valence-electron chi connectivity index (χ3n) is 4.19. The van der Waals surface area contributed by atoms with Crippen LogP contribution in [-0.4, -0.2) is 23.9 Å². The van der Waals surface area contributed by atoms with Crippen LogP contribution in [0.3, 0.4) is 0 Å². The largest absolute Gasteiger partial charge is 0.340 e. The minimum atomic E-state index is -0.813. The molecule has 106 valence electrons. The van der Waals surface area contributed by atoms with Gasteiger partial charge < -0.3 is 5.32 Å². The van der Waals surface area contributed by atoms with Gasteiger partial charge in [-0.25, -0.2) is 4.39 Å². The summed E-state index contributed by atoms with van der Waals surface area (Å²) in [7, 11) is 0. The van der Waals surface area contributed by atoms with E-state index in [4.69, 9.17) is 0 Å². The Balaban J connectivity index is 1.99. The zero-order valence-electron chi connectivity index (χ0n) is 11.4. The van der Waals surface area contributed by atoms with Crippen molar-refractivity contribution in [1.29, 1.82) is 0 Å². The summed E-state index contributed by atoms with van der Waals surface area (Å²) in [6.45, 7) is 1.68. The van der Waals surface area contributed by atoms with Crippen molar-refractivity contribution in [2.75, 3.05) is 11.4 Å². The lowest BCUT2D eigenvalue weighted by Gasteiger charge is -2.39. The summed E-state index contributed by atoms with van der Waals surface area (Å²) in [4.78, 5) is 25.9. The lowest BCUT2D eigenvalue weighted by Crippen LogP contribution is -2.65. The van der Waals surface area contributed by atoms with Gasteiger partial charge in [0.15, 0.2) is 0 Å². The smallest absolute Gasteiger partial charge is 0.253 e. The maximum Gasteiger partial charge on any atom is 0.253 e. The fraction of sp³-hybridized carbons (Fsp3) is 0.467. The summed E-state index contributed by atoms with van der Waals surface area (Å²) < 4.78 is 14.1. The molecule has 1 aliphatic carbocycles. The van der Waals surface area contributed by atoms with Crippen LogP contribution < -0.4 is 10.2 Å². The number of carbonyl (C=O) groups excluding carboxylic acids is 2. The van der Waals surface area contributed by atoms with Crippen molar-refractivity contribution in [1.82, 2.24) is 5.32 Å². The van der Waals surface area contributed by atoms with E-state index >= 15 is 0 Å². The summed E-state index contributed by atoms with van der Waals surface area (Å²) in [6.07, 6.45) is 3.11. The van der Waals surface area contributed by atoms with E-state index in [-0.39, 0.29) is 24.0 Å². The number of benzene rings is 1. The number of aryl methyl sites for hydroxylation is 1. The van der Waals surface area contributed by atoms with Gasteiger partial charge in [0.2, 0.25) is 5.91 Å². The Morgan fingerprint density at radius 2 is 1.95 bits per heavy atom. The average Bonchev–Trinajstić information content (AvgIpc) is 2.84. The van der Waals surface area contributed by atoms with Crippen molar-refractivity contribution in [2.24, 2.45) is 0 Å². The van der Waals surface area contributed by atoms with Gasteiger partial charge in [0.1, 0.15) is 17.9 Å². The third-order valence-corrected chi connectivity index (χ3v) is 4.19. The highest BCUT2D eigenvalue weighted by Gasteiger charge is 2.49. The highest BCUT2D eigenvalue weighted by molar-refractivity contribution is 6.09. The molecule has 0 atom stereocenters. The van der Waals surface area contributed by atoms with Crippen LogP contribution in [0.1, 0.15) is 31.2 Å². The molecule has 0 unspecified atom stereocenters. The number of hydrogen-bond acceptors (Lipinski definition) is 2. The van der Waals surface area contributed by atoms with E-state index in [2.05, 4.69) is 5.32 Å². The van der Waals surface area contributed by atoms with Crippen LogP contribution in [0.25, 0.3) is 0 Å². The van der Waals surface area contributed by atoms with E-state index in [0.29, 0.717) is 12.8 Å². The summed E-state index contributed by atoms with van der Waals surface area (Å²) in [5, 5.41) is 2.82. The number of anilines is 1. The van der Waals surface area contributed by atoms with Gasteiger partial charge in [-0.2, -0.15) is 0 Å². The number of nitrogens with one attached hydrogen (secondary N) is 1. The van der Waals surface area contributed by atoms with Crippen LogP contribution >= 0.6 is 0 Å². The van der Waals surface area contributed by atoms with Crippen LogP contribution in [-0.2, 0) is 9.59 Å². The molecule has 2 fully saturated rings. The first kappa shape index (κ1) is 13.1. The molecule has 1 saturated carbocycles. The first-order chi connectivity index (χ1) is 9.52. The minimum absolute atomic E-state index is 0.111. The predicted octanol–water partition coefficient (Wildman–Crippen LogP) is 1.91. The van der Waals surface area contributed by atoms with E-state index in [0.717, 1.165) is 18.4 Å². The molecule has 1 aromatic carbocycles. The molecule has 1 saturated heterocycles. The van der Waals surface area contributed by atoms with Crippen LogP contribution in [0.15, 0.2) is 18.2 Å². The topological polar surface area (TPSA) is 49.4 Å². The van der Waals surface area contributed by atoms with Crippen LogP contribution in [0.4, 0.5) is 10.1 Å². The number of carbonyl (C=O) groups is 2. The fourth-order valence-electron chi connectivity index (χ4n) is 3.18. The Morgan fingerprint density at radius 3 is 2.60 bits per heavy atom. The number of nitrogens with zero attached hydrogens (tertiary/aromatic N) is 1. The summed E-state index contributed by atoms with van der Waals surface area (Å²) >= 11 is 0. The van der Waals surface area contributed by atoms with Gasteiger partial charge in [0.05, 0.1) is 5.69 Å². The normalized spacial score (nSPS) is 21.4. The summed E-state index contributed by atoms with van der Waals surface area (Å²) in [6, 6.07) is 4.71. The Kier molecular flexibility index (Phi) is 3.00. The first-order valence-electron chi connectivity index (χ1n) is 6.91. The van der Waals surface area contributed by atoms with Crippen molar-refractivity contribution in [3.63, 3.8) is 0 Å². The second kappa shape index (κ2) is 4.58. The standard InChI is InChI=1S/C15H17FN2O2/c1-10-4-5-12(11(16)8-10)18-9-13(19)17-15(14(18)20)6-2-3-7-15/h4-5,8H,2-3,6-7,9H2,1H3,(H,17,19). The molecule has 20 heavy (non-hydrogen) atoms. The van der Waals surface area contributed by atoms with Crippen LogP contribution in [0.5, 0.6) is 0 Å². The van der Waals surface area contributed by atoms with Crippen molar-refractivity contribution in [2.45, 2.75) is 38.1 Å². The molecule has 1 aliphatic heterocycles. The Hall–Kier alpha value is -1.91. The molecule has 4 nitrogen and oxygen atoms in total. The predicted molar refractivity (Wildman–Crippen MR) is 72.8 cm³/mol. The molecule has 5 heteroatoms. The molecular formula is C15H17FN2O2. The lowest BCUT2D eigenvalue weighted by atomic mass is 9.92. The average molecular weight is 276 g/mol. The molecule has 1 aromatic rings. The number of halogens is 1. The van der Waals surface area contributed by atoms with Gasteiger partial charge in [-0.3, -0.25) is 14.5 Å². The van der Waals surface area contributed by atoms with Gasteiger partial charge in [-0.05, 0) is 37.5 Å². The van der Waals surface area contributed by atoms with Crippen molar-refractivity contribution in [3.8, 4) is 0 Å². The van der Waals surface area contributed by atoms with Gasteiger partial charge in [-0.15, -0.1) is 0 Å². The van der Waals surface area contributed by atoms with Gasteiger partial charge in [0.25, 0.3) is 5.91 Å². The van der Waals surface area contributed by atoms with Crippen molar-refractivity contribution in [3.05, 3.63) is 29.6 Å². The molecule has 2 amide bonds. The van der Waals surface area contributed by atoms with Gasteiger partial charge in [-0.1, -0.05) is 18.9 Å². The molecule has 3 rings (SSSR count). The van der Waals surface area contributed by atoms with E-state index in [1.807, 2.05) is 0 Å². The zero-order valence-corrected chi connectivity index (χ0v) is 11.4. The van der Waals surface area contributed by atoms with E-state index < -0.39 is 11.4 Å². The maximum atomic E-state index is 14.1. The Morgan fingerprint density at radius 1 is 1.25 bits per heavy atom. The van der Waals surface area contributed by atoms with Crippen molar-refractivity contribution >= 4 is 17.5 Å². The van der Waals surface area contributed by atoms with E-state index in [1.165, 1.54) is 11.0 Å². The molecule has 1 N–H and O–H groups in total. The fourth-order valence-corrected chi connectivity index (χ4v) is 3.18. The minimum Gasteiger partial charge on any atom is -0.340 e. The van der Waals surface area contributed by atoms with E-state index in [1.54, 1.807) is 19.1 Å². The highest BCUT2D eigenvalue weighted by atomic mass is 19.1. The van der Waals surface area contributed by atoms with Crippen LogP contribution in [0, 0.1) is 12.7 Å². The SMILES string of the molecule is Cc1ccc(N2CC(=O)NC3(CCCC3)C2=O)c(F)c1. The quantitative estimate of drug-likeness (QED) is 0.852. The molecule has 2 aliphatic rings. The van der Waals surface area contributed by atoms with Gasteiger partial charge in [0, 0.05) is 0 Å². The maximum absolute atomic E-state index is 14.1. The summed E-state index contributed by atoms with van der Waals surface area (Å²) in [5.41, 5.74) is 0.171. The number of piperazine rings is 1. The Labute approximate surface area is 117 Å². The number of amides is 2. The monoisotopic (exact) mass is 276 g/mol. The molecule has 1 spiro atoms. The third kappa shape index (κ3) is 1.97.